The van der Waals surface area contributed by atoms with Gasteiger partial charge in [0.2, 0.25) is 0 Å². The van der Waals surface area contributed by atoms with Gasteiger partial charge in [-0.3, -0.25) is 9.40 Å². The van der Waals surface area contributed by atoms with Gasteiger partial charge >= 0.3 is 0 Å². The number of nitrogen functional groups attached to an aromatic ring is 1. The molecule has 6 nitrogen and oxygen atoms in total. The summed E-state index contributed by atoms with van der Waals surface area (Å²) in [5.41, 5.74) is 5.01. The first-order valence-corrected chi connectivity index (χ1v) is 6.55. The average Bonchev–Trinajstić information content (AvgIpc) is 2.60. The third kappa shape index (κ3) is 2.65. The van der Waals surface area contributed by atoms with Crippen molar-refractivity contribution >= 4 is 21.5 Å². The van der Waals surface area contributed by atoms with Crippen molar-refractivity contribution in [1.82, 2.24) is 9.78 Å². The summed E-state index contributed by atoms with van der Waals surface area (Å²) >= 11 is 0. The molecule has 0 spiro atoms. The number of halogens is 2. The van der Waals surface area contributed by atoms with Crippen molar-refractivity contribution in [3.63, 3.8) is 0 Å². The Morgan fingerprint density at radius 2 is 1.89 bits per heavy atom. The molecule has 0 unspecified atom stereocenters. The Labute approximate surface area is 107 Å². The zero-order valence-electron chi connectivity index (χ0n) is 9.76. The van der Waals surface area contributed by atoms with E-state index in [1.807, 2.05) is 4.72 Å². The third-order valence-corrected chi connectivity index (χ3v) is 3.65. The molecule has 0 saturated heterocycles. The van der Waals surface area contributed by atoms with Crippen LogP contribution in [0.4, 0.5) is 20.3 Å². The van der Waals surface area contributed by atoms with E-state index in [1.54, 1.807) is 7.05 Å². The van der Waals surface area contributed by atoms with Crippen molar-refractivity contribution in [3.05, 3.63) is 36.0 Å². The number of anilines is 2. The molecule has 3 N–H and O–H groups in total. The van der Waals surface area contributed by atoms with Crippen LogP contribution in [0.5, 0.6) is 0 Å². The molecule has 2 aromatic rings. The number of rotatable bonds is 3. The van der Waals surface area contributed by atoms with Crippen LogP contribution in [-0.2, 0) is 17.1 Å². The molecule has 1 heterocycles. The lowest BCUT2D eigenvalue weighted by Gasteiger charge is -2.08. The summed E-state index contributed by atoms with van der Waals surface area (Å²) in [6, 6.07) is 2.82. The van der Waals surface area contributed by atoms with Crippen LogP contribution in [0.15, 0.2) is 29.3 Å². The predicted molar refractivity (Wildman–Crippen MR) is 64.8 cm³/mol. The number of aromatic nitrogens is 2. The van der Waals surface area contributed by atoms with E-state index in [0.29, 0.717) is 0 Å². The fraction of sp³-hybridized carbons (Fsp3) is 0.100. The summed E-state index contributed by atoms with van der Waals surface area (Å²) in [5, 5.41) is 3.76. The standard InChI is InChI=1S/C10H10F2N4O2S/c1-16-3-2-9(14-16)15-19(17,18)10-7(11)4-6(13)5-8(10)12/h2-5H,13H2,1H3,(H,14,15). The van der Waals surface area contributed by atoms with E-state index in [0.717, 1.165) is 12.1 Å². The Hall–Kier alpha value is -2.16. The Balaban J connectivity index is 2.45. The quantitative estimate of drug-likeness (QED) is 0.827. The number of hydrogen-bond acceptors (Lipinski definition) is 4. The number of hydrogen-bond donors (Lipinski definition) is 2. The van der Waals surface area contributed by atoms with Gasteiger partial charge in [0.15, 0.2) is 10.7 Å². The molecule has 19 heavy (non-hydrogen) atoms. The second-order valence-corrected chi connectivity index (χ2v) is 5.41. The van der Waals surface area contributed by atoms with Crippen molar-refractivity contribution in [1.29, 1.82) is 0 Å². The number of sulfonamides is 1. The molecule has 0 aliphatic carbocycles. The van der Waals surface area contributed by atoms with Gasteiger partial charge < -0.3 is 5.73 Å². The van der Waals surface area contributed by atoms with Crippen LogP contribution in [0.25, 0.3) is 0 Å². The molecule has 2 rings (SSSR count). The van der Waals surface area contributed by atoms with Crippen molar-refractivity contribution in [2.75, 3.05) is 10.5 Å². The van der Waals surface area contributed by atoms with Crippen LogP contribution in [0.3, 0.4) is 0 Å². The number of nitrogens with one attached hydrogen (secondary N) is 1. The number of benzene rings is 1. The van der Waals surface area contributed by atoms with Gasteiger partial charge in [0.25, 0.3) is 10.0 Å². The van der Waals surface area contributed by atoms with E-state index >= 15 is 0 Å². The Kier molecular flexibility index (Phi) is 3.14. The first-order valence-electron chi connectivity index (χ1n) is 5.06. The minimum Gasteiger partial charge on any atom is -0.399 e. The summed E-state index contributed by atoms with van der Waals surface area (Å²) in [7, 11) is -2.84. The smallest absolute Gasteiger partial charge is 0.268 e. The average molecular weight is 288 g/mol. The highest BCUT2D eigenvalue weighted by Gasteiger charge is 2.25. The Bertz CT molecular complexity index is 704. The minimum atomic E-state index is -4.41. The molecule has 102 valence electrons. The lowest BCUT2D eigenvalue weighted by molar-refractivity contribution is 0.522. The lowest BCUT2D eigenvalue weighted by Crippen LogP contribution is -2.17. The van der Waals surface area contributed by atoms with Crippen LogP contribution in [-0.4, -0.2) is 18.2 Å². The first kappa shape index (κ1) is 13.3. The first-order chi connectivity index (χ1) is 8.79. The van der Waals surface area contributed by atoms with Gasteiger partial charge in [-0.25, -0.2) is 17.2 Å². The highest BCUT2D eigenvalue weighted by atomic mass is 32.2. The molecular formula is C10H10F2N4O2S. The number of nitrogens with two attached hydrogens (primary N) is 1. The largest absolute Gasteiger partial charge is 0.399 e. The SMILES string of the molecule is Cn1ccc(NS(=O)(=O)c2c(F)cc(N)cc2F)n1. The molecule has 0 saturated carbocycles. The maximum atomic E-state index is 13.6. The van der Waals surface area contributed by atoms with Gasteiger partial charge in [0.05, 0.1) is 0 Å². The summed E-state index contributed by atoms with van der Waals surface area (Å²) in [5.74, 6) is -2.57. The van der Waals surface area contributed by atoms with Crippen molar-refractivity contribution in [2.24, 2.45) is 7.05 Å². The summed E-state index contributed by atoms with van der Waals surface area (Å²) < 4.78 is 54.2. The topological polar surface area (TPSA) is 90.0 Å². The van der Waals surface area contributed by atoms with Crippen LogP contribution in [0.1, 0.15) is 0 Å². The van der Waals surface area contributed by atoms with Crippen molar-refractivity contribution in [3.8, 4) is 0 Å². The minimum absolute atomic E-state index is 0.0434. The summed E-state index contributed by atoms with van der Waals surface area (Å²) in [6.45, 7) is 0. The predicted octanol–water partition coefficient (Wildman–Crippen LogP) is 1.08. The number of aryl methyl sites for hydroxylation is 1. The molecule has 0 amide bonds. The monoisotopic (exact) mass is 288 g/mol. The Morgan fingerprint density at radius 3 is 2.37 bits per heavy atom. The second-order valence-electron chi connectivity index (χ2n) is 3.79. The normalized spacial score (nSPS) is 11.5. The second kappa shape index (κ2) is 4.50. The highest BCUT2D eigenvalue weighted by molar-refractivity contribution is 7.92. The molecule has 1 aromatic carbocycles. The molecule has 0 aliphatic rings. The van der Waals surface area contributed by atoms with Crippen LogP contribution in [0.2, 0.25) is 0 Å². The van der Waals surface area contributed by atoms with E-state index in [9.17, 15) is 17.2 Å². The summed E-state index contributed by atoms with van der Waals surface area (Å²) in [4.78, 5) is -1.09. The molecule has 0 bridgehead atoms. The maximum absolute atomic E-state index is 13.6. The third-order valence-electron chi connectivity index (χ3n) is 2.24. The van der Waals surface area contributed by atoms with Crippen molar-refractivity contribution < 1.29 is 17.2 Å². The molecule has 0 aliphatic heterocycles. The zero-order valence-corrected chi connectivity index (χ0v) is 10.6. The van der Waals surface area contributed by atoms with E-state index in [4.69, 9.17) is 5.73 Å². The molecule has 0 fully saturated rings. The van der Waals surface area contributed by atoms with Crippen LogP contribution >= 0.6 is 0 Å². The van der Waals surface area contributed by atoms with Gasteiger partial charge in [-0.2, -0.15) is 5.10 Å². The number of nitrogens with zero attached hydrogens (tertiary/aromatic N) is 2. The molecular weight excluding hydrogens is 278 g/mol. The van der Waals surface area contributed by atoms with E-state index in [1.165, 1.54) is 16.9 Å². The van der Waals surface area contributed by atoms with Gasteiger partial charge in [-0.15, -0.1) is 0 Å². The van der Waals surface area contributed by atoms with E-state index < -0.39 is 26.6 Å². The van der Waals surface area contributed by atoms with Crippen molar-refractivity contribution in [2.45, 2.75) is 4.90 Å². The van der Waals surface area contributed by atoms with Gasteiger partial charge in [-0.05, 0) is 12.1 Å². The van der Waals surface area contributed by atoms with Gasteiger partial charge in [0.1, 0.15) is 11.6 Å². The molecule has 0 radical (unpaired) electrons. The summed E-state index contributed by atoms with van der Waals surface area (Å²) in [6.07, 6.45) is 1.48. The van der Waals surface area contributed by atoms with E-state index in [2.05, 4.69) is 5.10 Å². The van der Waals surface area contributed by atoms with Gasteiger partial charge in [-0.1, -0.05) is 0 Å². The van der Waals surface area contributed by atoms with E-state index in [-0.39, 0.29) is 11.5 Å². The fourth-order valence-corrected chi connectivity index (χ4v) is 2.61. The molecule has 0 atom stereocenters. The zero-order chi connectivity index (χ0) is 14.2. The Morgan fingerprint density at radius 1 is 1.32 bits per heavy atom. The highest BCUT2D eigenvalue weighted by Crippen LogP contribution is 2.23. The molecule has 9 heteroatoms. The lowest BCUT2D eigenvalue weighted by atomic mass is 10.3. The van der Waals surface area contributed by atoms with Crippen LogP contribution < -0.4 is 10.5 Å². The molecule has 1 aromatic heterocycles. The fourth-order valence-electron chi connectivity index (χ4n) is 1.49. The maximum Gasteiger partial charge on any atom is 0.268 e. The van der Waals surface area contributed by atoms with Gasteiger partial charge in [0, 0.05) is 25.0 Å². The van der Waals surface area contributed by atoms with Crippen LogP contribution in [0, 0.1) is 11.6 Å².